The van der Waals surface area contributed by atoms with Crippen molar-refractivity contribution in [1.29, 1.82) is 0 Å². The number of pyridine rings is 1. The molecule has 0 unspecified atom stereocenters. The van der Waals surface area contributed by atoms with Crippen LogP contribution in [0.3, 0.4) is 0 Å². The molecule has 0 N–H and O–H groups in total. The van der Waals surface area contributed by atoms with E-state index in [4.69, 9.17) is 4.74 Å². The van der Waals surface area contributed by atoms with E-state index in [2.05, 4.69) is 4.98 Å². The Morgan fingerprint density at radius 3 is 3.25 bits per heavy atom. The Hall–Kier alpha value is -1.38. The van der Waals surface area contributed by atoms with E-state index >= 15 is 0 Å². The topological polar surface area (TPSA) is 39.2 Å². The van der Waals surface area contributed by atoms with E-state index in [0.717, 1.165) is 37.0 Å². The fourth-order valence-electron chi connectivity index (χ4n) is 1.41. The predicted octanol–water partition coefficient (Wildman–Crippen LogP) is 1.22. The third kappa shape index (κ3) is 1.07. The summed E-state index contributed by atoms with van der Waals surface area (Å²) in [6.45, 7) is 0.733. The Labute approximate surface area is 70.4 Å². The van der Waals surface area contributed by atoms with Gasteiger partial charge in [0.2, 0.25) is 0 Å². The first-order valence-electron chi connectivity index (χ1n) is 3.96. The van der Waals surface area contributed by atoms with Crippen LogP contribution < -0.4 is 4.74 Å². The van der Waals surface area contributed by atoms with Gasteiger partial charge in [-0.05, 0) is 12.8 Å². The van der Waals surface area contributed by atoms with E-state index in [1.54, 1.807) is 12.4 Å². The van der Waals surface area contributed by atoms with Crippen LogP contribution in [0.15, 0.2) is 12.4 Å². The maximum atomic E-state index is 10.6. The molecule has 0 saturated carbocycles. The minimum Gasteiger partial charge on any atom is -0.492 e. The third-order valence-corrected chi connectivity index (χ3v) is 2.01. The van der Waals surface area contributed by atoms with E-state index in [9.17, 15) is 4.79 Å². The summed E-state index contributed by atoms with van der Waals surface area (Å²) < 4.78 is 5.34. The van der Waals surface area contributed by atoms with E-state index in [0.29, 0.717) is 5.56 Å². The predicted molar refractivity (Wildman–Crippen MR) is 43.4 cm³/mol. The number of nitrogens with zero attached hydrogens (tertiary/aromatic N) is 1. The highest BCUT2D eigenvalue weighted by Crippen LogP contribution is 2.25. The highest BCUT2D eigenvalue weighted by atomic mass is 16.5. The molecule has 0 aliphatic carbocycles. The smallest absolute Gasteiger partial charge is 0.152 e. The number of fused-ring (bicyclic) bond motifs is 1. The normalized spacial score (nSPS) is 14.7. The van der Waals surface area contributed by atoms with E-state index in [1.165, 1.54) is 0 Å². The number of aldehydes is 1. The van der Waals surface area contributed by atoms with Gasteiger partial charge in [-0.15, -0.1) is 0 Å². The van der Waals surface area contributed by atoms with Crippen LogP contribution in [0.4, 0.5) is 0 Å². The van der Waals surface area contributed by atoms with Crippen LogP contribution >= 0.6 is 0 Å². The van der Waals surface area contributed by atoms with Crippen molar-refractivity contribution >= 4 is 6.29 Å². The first kappa shape index (κ1) is 7.28. The van der Waals surface area contributed by atoms with Crippen LogP contribution in [0.1, 0.15) is 22.3 Å². The second-order valence-corrected chi connectivity index (χ2v) is 2.78. The standard InChI is InChI=1S/C9H9NO2/c11-6-7-4-10-5-9-8(7)2-1-3-12-9/h4-6H,1-3H2. The number of carbonyl (C=O) groups is 1. The van der Waals surface area contributed by atoms with Gasteiger partial charge in [0.05, 0.1) is 12.8 Å². The molecular formula is C9H9NO2. The van der Waals surface area contributed by atoms with Crippen molar-refractivity contribution in [2.75, 3.05) is 6.61 Å². The average molecular weight is 163 g/mol. The summed E-state index contributed by atoms with van der Waals surface area (Å²) in [5.74, 6) is 0.769. The molecule has 1 aromatic heterocycles. The monoisotopic (exact) mass is 163 g/mol. The van der Waals surface area contributed by atoms with E-state index in [1.807, 2.05) is 0 Å². The summed E-state index contributed by atoms with van der Waals surface area (Å²) in [6, 6.07) is 0. The van der Waals surface area contributed by atoms with Crippen molar-refractivity contribution in [2.45, 2.75) is 12.8 Å². The summed E-state index contributed by atoms with van der Waals surface area (Å²) in [5, 5.41) is 0. The molecule has 0 saturated heterocycles. The second-order valence-electron chi connectivity index (χ2n) is 2.78. The highest BCUT2D eigenvalue weighted by molar-refractivity contribution is 5.78. The lowest BCUT2D eigenvalue weighted by atomic mass is 10.0. The lowest BCUT2D eigenvalue weighted by Crippen LogP contribution is -2.10. The number of aromatic nitrogens is 1. The Kier molecular flexibility index (Phi) is 1.78. The van der Waals surface area contributed by atoms with Crippen molar-refractivity contribution < 1.29 is 9.53 Å². The molecule has 62 valence electrons. The molecule has 1 aliphatic heterocycles. The van der Waals surface area contributed by atoms with E-state index in [-0.39, 0.29) is 0 Å². The van der Waals surface area contributed by atoms with Gasteiger partial charge < -0.3 is 4.74 Å². The Balaban J connectivity index is 2.51. The van der Waals surface area contributed by atoms with Crippen LogP contribution in [0.2, 0.25) is 0 Å². The van der Waals surface area contributed by atoms with Gasteiger partial charge in [0, 0.05) is 17.3 Å². The summed E-state index contributed by atoms with van der Waals surface area (Å²) in [6.07, 6.45) is 5.99. The average Bonchev–Trinajstić information content (AvgIpc) is 2.17. The highest BCUT2D eigenvalue weighted by Gasteiger charge is 2.13. The molecule has 12 heavy (non-hydrogen) atoms. The maximum absolute atomic E-state index is 10.6. The number of rotatable bonds is 1. The molecule has 0 aromatic carbocycles. The zero-order valence-corrected chi connectivity index (χ0v) is 6.62. The molecule has 0 radical (unpaired) electrons. The lowest BCUT2D eigenvalue weighted by Gasteiger charge is -2.17. The van der Waals surface area contributed by atoms with Gasteiger partial charge in [-0.2, -0.15) is 0 Å². The first-order chi connectivity index (χ1) is 5.92. The largest absolute Gasteiger partial charge is 0.492 e. The molecular weight excluding hydrogens is 154 g/mol. The lowest BCUT2D eigenvalue weighted by molar-refractivity contribution is 0.112. The fraction of sp³-hybridized carbons (Fsp3) is 0.333. The van der Waals surface area contributed by atoms with Crippen LogP contribution in [-0.4, -0.2) is 17.9 Å². The van der Waals surface area contributed by atoms with Gasteiger partial charge in [0.25, 0.3) is 0 Å². The third-order valence-electron chi connectivity index (χ3n) is 2.01. The molecule has 1 aromatic rings. The summed E-state index contributed by atoms with van der Waals surface area (Å²) in [5.41, 5.74) is 1.67. The van der Waals surface area contributed by atoms with Crippen molar-refractivity contribution in [1.82, 2.24) is 4.98 Å². The van der Waals surface area contributed by atoms with Crippen molar-refractivity contribution in [3.63, 3.8) is 0 Å². The Morgan fingerprint density at radius 2 is 2.42 bits per heavy atom. The number of carbonyl (C=O) groups excluding carboxylic acids is 1. The number of hydrogen-bond donors (Lipinski definition) is 0. The SMILES string of the molecule is O=Cc1cncc2c1CCCO2. The van der Waals surface area contributed by atoms with Crippen LogP contribution in [0.5, 0.6) is 5.75 Å². The van der Waals surface area contributed by atoms with Gasteiger partial charge in [-0.3, -0.25) is 9.78 Å². The molecule has 2 rings (SSSR count). The summed E-state index contributed by atoms with van der Waals surface area (Å²) in [7, 11) is 0. The molecule has 0 bridgehead atoms. The summed E-state index contributed by atoms with van der Waals surface area (Å²) in [4.78, 5) is 14.5. The molecule has 3 heteroatoms. The second kappa shape index (κ2) is 2.93. The number of hydrogen-bond acceptors (Lipinski definition) is 3. The molecule has 0 amide bonds. The van der Waals surface area contributed by atoms with Gasteiger partial charge in [0.15, 0.2) is 6.29 Å². The van der Waals surface area contributed by atoms with Gasteiger partial charge >= 0.3 is 0 Å². The maximum Gasteiger partial charge on any atom is 0.152 e. The minimum atomic E-state index is 0.659. The first-order valence-corrected chi connectivity index (χ1v) is 3.96. The van der Waals surface area contributed by atoms with Crippen molar-refractivity contribution in [3.8, 4) is 5.75 Å². The molecule has 0 fully saturated rings. The minimum absolute atomic E-state index is 0.659. The van der Waals surface area contributed by atoms with Crippen molar-refractivity contribution in [3.05, 3.63) is 23.5 Å². The molecule has 2 heterocycles. The zero-order chi connectivity index (χ0) is 8.39. The van der Waals surface area contributed by atoms with Gasteiger partial charge in [-0.25, -0.2) is 0 Å². The van der Waals surface area contributed by atoms with Crippen LogP contribution in [0, 0.1) is 0 Å². The Bertz CT molecular complexity index is 309. The molecule has 0 atom stereocenters. The Morgan fingerprint density at radius 1 is 1.50 bits per heavy atom. The quantitative estimate of drug-likeness (QED) is 0.584. The molecule has 3 nitrogen and oxygen atoms in total. The molecule has 1 aliphatic rings. The molecule has 0 spiro atoms. The van der Waals surface area contributed by atoms with Crippen LogP contribution in [0.25, 0.3) is 0 Å². The van der Waals surface area contributed by atoms with Crippen molar-refractivity contribution in [2.24, 2.45) is 0 Å². The summed E-state index contributed by atoms with van der Waals surface area (Å²) >= 11 is 0. The number of ether oxygens (including phenoxy) is 1. The van der Waals surface area contributed by atoms with E-state index < -0.39 is 0 Å². The fourth-order valence-corrected chi connectivity index (χ4v) is 1.41. The zero-order valence-electron chi connectivity index (χ0n) is 6.62. The van der Waals surface area contributed by atoms with Crippen LogP contribution in [-0.2, 0) is 6.42 Å². The van der Waals surface area contributed by atoms with Gasteiger partial charge in [-0.1, -0.05) is 0 Å². The van der Waals surface area contributed by atoms with Gasteiger partial charge in [0.1, 0.15) is 5.75 Å².